The van der Waals surface area contributed by atoms with E-state index >= 15 is 0 Å². The number of rotatable bonds is 3. The lowest BCUT2D eigenvalue weighted by atomic mass is 9.96. The maximum absolute atomic E-state index is 13.3. The Bertz CT molecular complexity index is 866. The van der Waals surface area contributed by atoms with E-state index in [0.29, 0.717) is 18.7 Å². The number of aromatic nitrogens is 2. The van der Waals surface area contributed by atoms with Crippen molar-refractivity contribution in [2.75, 3.05) is 13.1 Å². The summed E-state index contributed by atoms with van der Waals surface area (Å²) in [7, 11) is -3.75. The lowest BCUT2D eigenvalue weighted by Crippen LogP contribution is -2.39. The van der Waals surface area contributed by atoms with Gasteiger partial charge in [-0.05, 0) is 37.1 Å². The van der Waals surface area contributed by atoms with E-state index in [0.717, 1.165) is 12.5 Å². The van der Waals surface area contributed by atoms with Gasteiger partial charge in [0.2, 0.25) is 10.0 Å². The first-order valence-corrected chi connectivity index (χ1v) is 8.72. The fraction of sp³-hybridized carbons (Fsp3) is 0.333. The summed E-state index contributed by atoms with van der Waals surface area (Å²) >= 11 is 0. The highest BCUT2D eigenvalue weighted by Crippen LogP contribution is 2.28. The van der Waals surface area contributed by atoms with Crippen LogP contribution in [0.25, 0.3) is 0 Å². The van der Waals surface area contributed by atoms with Crippen molar-refractivity contribution in [2.45, 2.75) is 23.7 Å². The van der Waals surface area contributed by atoms with Crippen LogP contribution in [0.1, 0.15) is 24.5 Å². The number of halogens is 1. The van der Waals surface area contributed by atoms with Gasteiger partial charge in [0.05, 0.1) is 4.90 Å². The van der Waals surface area contributed by atoms with Gasteiger partial charge in [-0.2, -0.15) is 4.31 Å². The summed E-state index contributed by atoms with van der Waals surface area (Å²) in [6.07, 6.45) is 2.85. The van der Waals surface area contributed by atoms with Crippen molar-refractivity contribution >= 4 is 10.0 Å². The van der Waals surface area contributed by atoms with Gasteiger partial charge in [-0.15, -0.1) is 0 Å². The molecule has 2 aromatic rings. The van der Waals surface area contributed by atoms with Crippen LogP contribution in [0.3, 0.4) is 0 Å². The molecule has 1 fully saturated rings. The number of hydrogen-bond acceptors (Lipinski definition) is 4. The van der Waals surface area contributed by atoms with E-state index in [4.69, 9.17) is 0 Å². The number of hydrogen-bond donors (Lipinski definition) is 1. The molecule has 1 atom stereocenters. The van der Waals surface area contributed by atoms with E-state index in [9.17, 15) is 17.6 Å². The number of aromatic amines is 1. The van der Waals surface area contributed by atoms with Crippen LogP contribution in [0.2, 0.25) is 0 Å². The summed E-state index contributed by atoms with van der Waals surface area (Å²) < 4.78 is 40.0. The van der Waals surface area contributed by atoms with Crippen LogP contribution in [0, 0.1) is 5.82 Å². The van der Waals surface area contributed by atoms with E-state index < -0.39 is 21.5 Å². The highest BCUT2D eigenvalue weighted by Gasteiger charge is 2.31. The minimum Gasteiger partial charge on any atom is -0.309 e. The average molecular weight is 337 g/mol. The molecule has 1 N–H and O–H groups in total. The molecule has 122 valence electrons. The Balaban J connectivity index is 1.87. The van der Waals surface area contributed by atoms with E-state index in [1.807, 2.05) is 0 Å². The van der Waals surface area contributed by atoms with Crippen molar-refractivity contribution in [3.8, 4) is 0 Å². The van der Waals surface area contributed by atoms with Gasteiger partial charge in [0, 0.05) is 30.9 Å². The summed E-state index contributed by atoms with van der Waals surface area (Å²) in [5.41, 5.74) is 0.219. The summed E-state index contributed by atoms with van der Waals surface area (Å²) in [4.78, 5) is 17.5. The zero-order valence-corrected chi connectivity index (χ0v) is 13.1. The smallest absolute Gasteiger partial charge is 0.309 e. The fourth-order valence-corrected chi connectivity index (χ4v) is 4.37. The molecule has 1 aliphatic rings. The topological polar surface area (TPSA) is 83.1 Å². The molecule has 1 aromatic carbocycles. The van der Waals surface area contributed by atoms with Gasteiger partial charge in [-0.3, -0.25) is 0 Å². The van der Waals surface area contributed by atoms with Crippen LogP contribution in [0.5, 0.6) is 0 Å². The van der Waals surface area contributed by atoms with Gasteiger partial charge in [0.1, 0.15) is 5.82 Å². The van der Waals surface area contributed by atoms with Crippen molar-refractivity contribution in [3.63, 3.8) is 0 Å². The average Bonchev–Trinajstić information content (AvgIpc) is 2.55. The molecule has 0 saturated carbocycles. The zero-order chi connectivity index (χ0) is 16.4. The predicted molar refractivity (Wildman–Crippen MR) is 82.0 cm³/mol. The molecule has 1 saturated heterocycles. The SMILES string of the molecule is O=c1nccc([C@H]2CCCN(S(=O)(=O)c3cccc(F)c3)C2)[nH]1. The monoisotopic (exact) mass is 337 g/mol. The second kappa shape index (κ2) is 6.21. The summed E-state index contributed by atoms with van der Waals surface area (Å²) in [6.45, 7) is 0.628. The summed E-state index contributed by atoms with van der Waals surface area (Å²) in [5.74, 6) is -0.694. The van der Waals surface area contributed by atoms with Crippen LogP contribution in [-0.2, 0) is 10.0 Å². The molecular weight excluding hydrogens is 321 g/mol. The first kappa shape index (κ1) is 15.8. The lowest BCUT2D eigenvalue weighted by molar-refractivity contribution is 0.312. The Hall–Kier alpha value is -2.06. The number of nitrogens with zero attached hydrogens (tertiary/aromatic N) is 2. The number of nitrogens with one attached hydrogen (secondary N) is 1. The Morgan fingerprint density at radius 1 is 1.30 bits per heavy atom. The molecule has 0 spiro atoms. The lowest BCUT2D eigenvalue weighted by Gasteiger charge is -2.31. The minimum absolute atomic E-state index is 0.0543. The Morgan fingerprint density at radius 3 is 2.87 bits per heavy atom. The molecule has 0 radical (unpaired) electrons. The molecule has 0 bridgehead atoms. The van der Waals surface area contributed by atoms with Gasteiger partial charge in [-0.25, -0.2) is 22.6 Å². The predicted octanol–water partition coefficient (Wildman–Crippen LogP) is 1.48. The van der Waals surface area contributed by atoms with Gasteiger partial charge < -0.3 is 4.98 Å². The second-order valence-corrected chi connectivity index (χ2v) is 7.43. The maximum Gasteiger partial charge on any atom is 0.345 e. The standard InChI is InChI=1S/C15H16FN3O3S/c16-12-4-1-5-13(9-12)23(21,22)19-8-2-3-11(10-19)14-6-7-17-15(20)18-14/h1,4-7,9,11H,2-3,8,10H2,(H,17,18,20)/t11-/m0/s1. The Labute approximate surface area is 133 Å². The van der Waals surface area contributed by atoms with Gasteiger partial charge >= 0.3 is 5.69 Å². The highest BCUT2D eigenvalue weighted by molar-refractivity contribution is 7.89. The fourth-order valence-electron chi connectivity index (χ4n) is 2.81. The molecule has 3 rings (SSSR count). The van der Waals surface area contributed by atoms with E-state index in [1.54, 1.807) is 6.07 Å². The van der Waals surface area contributed by atoms with Crippen LogP contribution in [-0.4, -0.2) is 35.8 Å². The maximum atomic E-state index is 13.3. The third kappa shape index (κ3) is 3.32. The van der Waals surface area contributed by atoms with Gasteiger partial charge in [-0.1, -0.05) is 6.07 Å². The summed E-state index contributed by atoms with van der Waals surface area (Å²) in [6, 6.07) is 6.68. The van der Waals surface area contributed by atoms with Gasteiger partial charge in [0.15, 0.2) is 0 Å². The van der Waals surface area contributed by atoms with Gasteiger partial charge in [0.25, 0.3) is 0 Å². The molecule has 8 heteroatoms. The van der Waals surface area contributed by atoms with Crippen LogP contribution >= 0.6 is 0 Å². The van der Waals surface area contributed by atoms with Crippen LogP contribution in [0.15, 0.2) is 46.2 Å². The molecule has 0 amide bonds. The zero-order valence-electron chi connectivity index (χ0n) is 12.3. The number of sulfonamides is 1. The first-order chi connectivity index (χ1) is 11.0. The number of benzene rings is 1. The molecule has 1 aliphatic heterocycles. The summed E-state index contributed by atoms with van der Waals surface area (Å²) in [5, 5.41) is 0. The first-order valence-electron chi connectivity index (χ1n) is 7.28. The second-order valence-electron chi connectivity index (χ2n) is 5.49. The highest BCUT2D eigenvalue weighted by atomic mass is 32.2. The third-order valence-corrected chi connectivity index (χ3v) is 5.82. The van der Waals surface area contributed by atoms with Crippen molar-refractivity contribution in [3.05, 3.63) is 58.5 Å². The van der Waals surface area contributed by atoms with Crippen molar-refractivity contribution in [2.24, 2.45) is 0 Å². The number of piperidine rings is 1. The Kier molecular flexibility index (Phi) is 4.27. The van der Waals surface area contributed by atoms with Crippen molar-refractivity contribution in [1.82, 2.24) is 14.3 Å². The number of H-pyrrole nitrogens is 1. The largest absolute Gasteiger partial charge is 0.345 e. The van der Waals surface area contributed by atoms with E-state index in [-0.39, 0.29) is 17.4 Å². The van der Waals surface area contributed by atoms with Crippen molar-refractivity contribution in [1.29, 1.82) is 0 Å². The van der Waals surface area contributed by atoms with E-state index in [2.05, 4.69) is 9.97 Å². The minimum atomic E-state index is -3.75. The molecule has 0 aliphatic carbocycles. The molecule has 0 unspecified atom stereocenters. The van der Waals surface area contributed by atoms with Crippen LogP contribution < -0.4 is 5.69 Å². The third-order valence-electron chi connectivity index (χ3n) is 3.95. The quantitative estimate of drug-likeness (QED) is 0.919. The molecule has 23 heavy (non-hydrogen) atoms. The normalized spacial score (nSPS) is 19.6. The molecule has 2 heterocycles. The Morgan fingerprint density at radius 2 is 2.13 bits per heavy atom. The molecular formula is C15H16FN3O3S. The van der Waals surface area contributed by atoms with Crippen molar-refractivity contribution < 1.29 is 12.8 Å². The van der Waals surface area contributed by atoms with E-state index in [1.165, 1.54) is 28.7 Å². The molecule has 1 aromatic heterocycles. The van der Waals surface area contributed by atoms with Crippen LogP contribution in [0.4, 0.5) is 4.39 Å². The molecule has 6 nitrogen and oxygen atoms in total.